The van der Waals surface area contributed by atoms with Gasteiger partial charge in [0.2, 0.25) is 0 Å². The quantitative estimate of drug-likeness (QED) is 0.361. The average Bonchev–Trinajstić information content (AvgIpc) is 3.28. The number of aliphatic hydroxyl groups is 1. The van der Waals surface area contributed by atoms with Gasteiger partial charge in [0.1, 0.15) is 12.7 Å². The molecular weight excluding hydrogens is 436 g/mol. The second-order valence-corrected chi connectivity index (χ2v) is 7.39. The third-order valence-electron chi connectivity index (χ3n) is 5.06. The lowest BCUT2D eigenvalue weighted by atomic mass is 10.00. The standard InChI is InChI=1S/C22H24N2O9/c1-13-19(32-21(26)30-12-11-25)18(16-9-5-6-10-17(16)24(28)29)20(14(2)23-13)33-22(27)31-15-7-3-4-8-15/h5-6,9-10,15,25H,3-4,7-8,11-12H2,1-2H3. The number of hydrogen-bond acceptors (Lipinski definition) is 10. The van der Waals surface area contributed by atoms with Crippen LogP contribution in [-0.2, 0) is 9.47 Å². The third kappa shape index (κ3) is 5.75. The molecule has 33 heavy (non-hydrogen) atoms. The molecule has 0 amide bonds. The number of hydrogen-bond donors (Lipinski definition) is 1. The first-order valence-corrected chi connectivity index (χ1v) is 10.4. The van der Waals surface area contributed by atoms with Gasteiger partial charge < -0.3 is 24.1 Å². The molecule has 0 spiro atoms. The Morgan fingerprint density at radius 3 is 2.30 bits per heavy atom. The number of aryl methyl sites for hydroxylation is 2. The van der Waals surface area contributed by atoms with Crippen molar-refractivity contribution in [3.63, 3.8) is 0 Å². The lowest BCUT2D eigenvalue weighted by Crippen LogP contribution is -2.20. The Hall–Kier alpha value is -3.73. The largest absolute Gasteiger partial charge is 0.514 e. The summed E-state index contributed by atoms with van der Waals surface area (Å²) < 4.78 is 20.9. The van der Waals surface area contributed by atoms with Crippen LogP contribution in [0.25, 0.3) is 11.1 Å². The highest BCUT2D eigenvalue weighted by atomic mass is 16.7. The summed E-state index contributed by atoms with van der Waals surface area (Å²) >= 11 is 0. The number of ether oxygens (including phenoxy) is 4. The van der Waals surface area contributed by atoms with Gasteiger partial charge in [-0.2, -0.15) is 0 Å². The van der Waals surface area contributed by atoms with Crippen molar-refractivity contribution in [2.45, 2.75) is 45.6 Å². The smallest absolute Gasteiger partial charge is 0.432 e. The number of carbonyl (C=O) groups excluding carboxylic acids is 2. The van der Waals surface area contributed by atoms with Gasteiger partial charge in [0.15, 0.2) is 11.5 Å². The monoisotopic (exact) mass is 460 g/mol. The fourth-order valence-electron chi connectivity index (χ4n) is 3.65. The summed E-state index contributed by atoms with van der Waals surface area (Å²) in [5, 5.41) is 20.6. The van der Waals surface area contributed by atoms with Gasteiger partial charge in [-0.1, -0.05) is 12.1 Å². The molecule has 0 radical (unpaired) electrons. The van der Waals surface area contributed by atoms with E-state index in [0.29, 0.717) is 0 Å². The summed E-state index contributed by atoms with van der Waals surface area (Å²) in [6, 6.07) is 5.75. The van der Waals surface area contributed by atoms with E-state index in [9.17, 15) is 19.7 Å². The van der Waals surface area contributed by atoms with Crippen LogP contribution >= 0.6 is 0 Å². The first-order valence-electron chi connectivity index (χ1n) is 10.4. The zero-order valence-corrected chi connectivity index (χ0v) is 18.2. The maximum atomic E-state index is 12.5. The van der Waals surface area contributed by atoms with Crippen LogP contribution in [0.4, 0.5) is 15.3 Å². The Morgan fingerprint density at radius 1 is 1.09 bits per heavy atom. The Balaban J connectivity index is 2.11. The highest BCUT2D eigenvalue weighted by molar-refractivity contribution is 5.87. The number of para-hydroxylation sites is 1. The summed E-state index contributed by atoms with van der Waals surface area (Å²) in [6.07, 6.45) is 0.929. The molecule has 0 aliphatic heterocycles. The van der Waals surface area contributed by atoms with Crippen molar-refractivity contribution in [1.82, 2.24) is 4.98 Å². The van der Waals surface area contributed by atoms with E-state index in [2.05, 4.69) is 4.98 Å². The van der Waals surface area contributed by atoms with E-state index in [1.807, 2.05) is 0 Å². The summed E-state index contributed by atoms with van der Waals surface area (Å²) in [4.78, 5) is 40.0. The zero-order chi connectivity index (χ0) is 24.0. The van der Waals surface area contributed by atoms with Gasteiger partial charge >= 0.3 is 12.3 Å². The lowest BCUT2D eigenvalue weighted by molar-refractivity contribution is -0.384. The molecule has 11 heteroatoms. The number of nitro benzene ring substituents is 1. The molecule has 1 saturated carbocycles. The number of carbonyl (C=O) groups is 2. The number of nitrogens with zero attached hydrogens (tertiary/aromatic N) is 2. The van der Waals surface area contributed by atoms with Gasteiger partial charge in [0.05, 0.1) is 34.0 Å². The van der Waals surface area contributed by atoms with E-state index in [4.69, 9.17) is 24.1 Å². The Kier molecular flexibility index (Phi) is 7.78. The van der Waals surface area contributed by atoms with Gasteiger partial charge in [-0.05, 0) is 45.6 Å². The average molecular weight is 460 g/mol. The highest BCUT2D eigenvalue weighted by Gasteiger charge is 2.30. The number of pyridine rings is 1. The van der Waals surface area contributed by atoms with Gasteiger partial charge in [-0.25, -0.2) is 9.59 Å². The van der Waals surface area contributed by atoms with Gasteiger partial charge in [-0.3, -0.25) is 15.1 Å². The maximum absolute atomic E-state index is 12.5. The summed E-state index contributed by atoms with van der Waals surface area (Å²) in [7, 11) is 0. The van der Waals surface area contributed by atoms with E-state index >= 15 is 0 Å². The topological polar surface area (TPSA) is 147 Å². The molecule has 0 unspecified atom stereocenters. The predicted octanol–water partition coefficient (Wildman–Crippen LogP) is 4.24. The molecule has 0 saturated heterocycles. The molecule has 1 aromatic carbocycles. The predicted molar refractivity (Wildman–Crippen MR) is 114 cm³/mol. The van der Waals surface area contributed by atoms with Gasteiger partial charge in [0.25, 0.3) is 5.69 Å². The summed E-state index contributed by atoms with van der Waals surface area (Å²) in [5.41, 5.74) is 0.171. The van der Waals surface area contributed by atoms with Crippen LogP contribution in [0.15, 0.2) is 24.3 Å². The molecule has 2 aromatic rings. The molecule has 176 valence electrons. The van der Waals surface area contributed by atoms with E-state index < -0.39 is 23.8 Å². The van der Waals surface area contributed by atoms with Crippen molar-refractivity contribution >= 4 is 18.0 Å². The van der Waals surface area contributed by atoms with E-state index in [1.54, 1.807) is 13.0 Å². The molecule has 1 fully saturated rings. The minimum atomic E-state index is -1.16. The van der Waals surface area contributed by atoms with Gasteiger partial charge in [-0.15, -0.1) is 0 Å². The van der Waals surface area contributed by atoms with Crippen molar-refractivity contribution in [3.8, 4) is 22.6 Å². The molecule has 3 rings (SSSR count). The Labute approximate surface area is 189 Å². The van der Waals surface area contributed by atoms with Crippen molar-refractivity contribution in [1.29, 1.82) is 0 Å². The second-order valence-electron chi connectivity index (χ2n) is 7.39. The molecule has 1 aliphatic rings. The lowest BCUT2D eigenvalue weighted by Gasteiger charge is -2.19. The van der Waals surface area contributed by atoms with Crippen LogP contribution in [0.1, 0.15) is 37.1 Å². The number of aliphatic hydroxyl groups excluding tert-OH is 1. The molecule has 1 aliphatic carbocycles. The minimum absolute atomic E-state index is 0.0170. The maximum Gasteiger partial charge on any atom is 0.514 e. The van der Waals surface area contributed by atoms with Crippen molar-refractivity contribution in [2.75, 3.05) is 13.2 Å². The number of nitro groups is 1. The Bertz CT molecular complexity index is 1050. The van der Waals surface area contributed by atoms with Crippen LogP contribution < -0.4 is 9.47 Å². The molecule has 11 nitrogen and oxygen atoms in total. The molecule has 1 aromatic heterocycles. The molecular formula is C22H24N2O9. The SMILES string of the molecule is Cc1nc(C)c(OC(=O)OC2CCCC2)c(-c2ccccc2[N+](=O)[O-])c1OC(=O)OCCO. The summed E-state index contributed by atoms with van der Waals surface area (Å²) in [6.45, 7) is 2.35. The molecule has 1 heterocycles. The van der Waals surface area contributed by atoms with Crippen molar-refractivity contribution in [2.24, 2.45) is 0 Å². The second kappa shape index (κ2) is 10.7. The van der Waals surface area contributed by atoms with Crippen LogP contribution in [-0.4, -0.2) is 46.6 Å². The number of benzene rings is 1. The fraction of sp³-hybridized carbons (Fsp3) is 0.409. The van der Waals surface area contributed by atoms with Crippen LogP contribution in [0.3, 0.4) is 0 Å². The fourth-order valence-corrected chi connectivity index (χ4v) is 3.65. The van der Waals surface area contributed by atoms with Crippen LogP contribution in [0.5, 0.6) is 11.5 Å². The first-order chi connectivity index (χ1) is 15.8. The van der Waals surface area contributed by atoms with E-state index in [1.165, 1.54) is 25.1 Å². The van der Waals surface area contributed by atoms with Crippen molar-refractivity contribution < 1.29 is 38.6 Å². The minimum Gasteiger partial charge on any atom is -0.432 e. The highest BCUT2D eigenvalue weighted by Crippen LogP contribution is 2.45. The van der Waals surface area contributed by atoms with Crippen molar-refractivity contribution in [3.05, 3.63) is 45.8 Å². The third-order valence-corrected chi connectivity index (χ3v) is 5.06. The van der Waals surface area contributed by atoms with Crippen LogP contribution in [0, 0.1) is 24.0 Å². The van der Waals surface area contributed by atoms with E-state index in [0.717, 1.165) is 25.7 Å². The Morgan fingerprint density at radius 2 is 1.70 bits per heavy atom. The first kappa shape index (κ1) is 23.9. The number of rotatable bonds is 7. The molecule has 1 N–H and O–H groups in total. The van der Waals surface area contributed by atoms with Crippen LogP contribution in [0.2, 0.25) is 0 Å². The summed E-state index contributed by atoms with van der Waals surface area (Å²) in [5.74, 6) is -0.315. The van der Waals surface area contributed by atoms with E-state index in [-0.39, 0.29) is 52.4 Å². The zero-order valence-electron chi connectivity index (χ0n) is 18.2. The normalized spacial score (nSPS) is 13.4. The number of aromatic nitrogens is 1. The van der Waals surface area contributed by atoms with Gasteiger partial charge in [0, 0.05) is 6.07 Å². The molecule has 0 atom stereocenters. The molecule has 0 bridgehead atoms.